The van der Waals surface area contributed by atoms with Crippen molar-refractivity contribution in [2.24, 2.45) is 0 Å². The van der Waals surface area contributed by atoms with Crippen LogP contribution in [0.1, 0.15) is 0 Å². The third-order valence-electron chi connectivity index (χ3n) is 13.0. The second kappa shape index (κ2) is 15.5. The van der Waals surface area contributed by atoms with Crippen LogP contribution >= 0.6 is 0 Å². The maximum atomic E-state index is 6.32. The standard InChI is InChI=1S/C61H35N5O3/c1-2-12-36(13-3-1)50-35-51(63-58(62-50)41-24-27-47-44-18-4-7-21-52(44)67-55(47)32-41)39-16-10-14-37(30-39)38-15-11-17-40(31-38)59-64-60(42-25-28-48-45-19-5-8-22-53(45)68-56(48)33-42)66-61(65-59)43-26-29-49-46-20-6-9-23-54(46)69-57(49)34-43/h1-35H. The molecule has 69 heavy (non-hydrogen) atoms. The fraction of sp³-hybridized carbons (Fsp3) is 0. The van der Waals surface area contributed by atoms with Crippen molar-refractivity contribution in [2.75, 3.05) is 0 Å². The van der Waals surface area contributed by atoms with E-state index >= 15 is 0 Å². The molecule has 9 aromatic carbocycles. The number of benzene rings is 9. The molecule has 5 aromatic heterocycles. The smallest absolute Gasteiger partial charge is 0.164 e. The Morgan fingerprint density at radius 1 is 0.203 bits per heavy atom. The average Bonchev–Trinajstić information content (AvgIpc) is 4.11. The average molecular weight is 886 g/mol. The van der Waals surface area contributed by atoms with E-state index in [1.165, 1.54) is 0 Å². The van der Waals surface area contributed by atoms with Crippen molar-refractivity contribution in [1.82, 2.24) is 24.9 Å². The van der Waals surface area contributed by atoms with Crippen LogP contribution in [-0.2, 0) is 0 Å². The maximum Gasteiger partial charge on any atom is 0.164 e. The molecule has 0 saturated carbocycles. The lowest BCUT2D eigenvalue weighted by molar-refractivity contribution is 0.668. The van der Waals surface area contributed by atoms with E-state index in [-0.39, 0.29) is 0 Å². The summed E-state index contributed by atoms with van der Waals surface area (Å²) in [7, 11) is 0. The van der Waals surface area contributed by atoms with Crippen LogP contribution in [0.3, 0.4) is 0 Å². The van der Waals surface area contributed by atoms with E-state index < -0.39 is 0 Å². The zero-order valence-corrected chi connectivity index (χ0v) is 36.7. The molecule has 322 valence electrons. The number of hydrogen-bond acceptors (Lipinski definition) is 8. The van der Waals surface area contributed by atoms with E-state index in [2.05, 4.69) is 109 Å². The molecule has 0 bridgehead atoms. The summed E-state index contributed by atoms with van der Waals surface area (Å²) >= 11 is 0. The molecule has 0 saturated heterocycles. The largest absolute Gasteiger partial charge is 0.456 e. The lowest BCUT2D eigenvalue weighted by Gasteiger charge is -2.12. The number of rotatable bonds is 7. The summed E-state index contributed by atoms with van der Waals surface area (Å²) in [6, 6.07) is 71.9. The summed E-state index contributed by atoms with van der Waals surface area (Å²) in [5.74, 6) is 2.21. The van der Waals surface area contributed by atoms with Crippen LogP contribution in [0.25, 0.3) is 145 Å². The number of nitrogens with zero attached hydrogens (tertiary/aromatic N) is 5. The lowest BCUT2D eigenvalue weighted by atomic mass is 9.99. The molecule has 0 atom stereocenters. The number of furan rings is 3. The lowest BCUT2D eigenvalue weighted by Crippen LogP contribution is -2.00. The molecular formula is C61H35N5O3. The van der Waals surface area contributed by atoms with Crippen LogP contribution in [0.4, 0.5) is 0 Å². The Morgan fingerprint density at radius 3 is 1.01 bits per heavy atom. The summed E-state index contributed by atoms with van der Waals surface area (Å²) in [5.41, 5.74) is 13.8. The van der Waals surface area contributed by atoms with Gasteiger partial charge in [-0.25, -0.2) is 24.9 Å². The summed E-state index contributed by atoms with van der Waals surface area (Å²) in [4.78, 5) is 25.7. The summed E-state index contributed by atoms with van der Waals surface area (Å²) in [6.45, 7) is 0. The van der Waals surface area contributed by atoms with Gasteiger partial charge in [-0.3, -0.25) is 0 Å². The fourth-order valence-electron chi connectivity index (χ4n) is 9.54. The number of para-hydroxylation sites is 3. The third-order valence-corrected chi connectivity index (χ3v) is 13.0. The predicted octanol–water partition coefficient (Wildman–Crippen LogP) is 16.0. The van der Waals surface area contributed by atoms with E-state index in [1.807, 2.05) is 103 Å². The molecule has 0 unspecified atom stereocenters. The maximum absolute atomic E-state index is 6.32. The van der Waals surface area contributed by atoms with Gasteiger partial charge in [0.15, 0.2) is 23.3 Å². The fourth-order valence-corrected chi connectivity index (χ4v) is 9.54. The molecule has 8 heteroatoms. The quantitative estimate of drug-likeness (QED) is 0.156. The first-order valence-corrected chi connectivity index (χ1v) is 22.8. The van der Waals surface area contributed by atoms with E-state index in [4.69, 9.17) is 38.2 Å². The first-order valence-electron chi connectivity index (χ1n) is 22.8. The summed E-state index contributed by atoms with van der Waals surface area (Å²) < 4.78 is 18.9. The highest BCUT2D eigenvalue weighted by atomic mass is 16.3. The normalized spacial score (nSPS) is 11.8. The zero-order chi connectivity index (χ0) is 45.4. The molecule has 14 aromatic rings. The first-order chi connectivity index (χ1) is 34.1. The van der Waals surface area contributed by atoms with Gasteiger partial charge in [-0.2, -0.15) is 0 Å². The molecule has 0 aliphatic heterocycles. The van der Waals surface area contributed by atoms with Gasteiger partial charge < -0.3 is 13.3 Å². The van der Waals surface area contributed by atoms with Crippen molar-refractivity contribution in [2.45, 2.75) is 0 Å². The SMILES string of the molecule is c1ccc(-c2cc(-c3cccc(-c4cccc(-c5nc(-c6ccc7c(c6)oc6ccccc67)nc(-c6ccc7c(c6)oc6ccccc67)n5)c4)c3)nc(-c3ccc4c(c3)oc3ccccc34)n2)cc1. The molecule has 0 spiro atoms. The Labute approximate surface area is 393 Å². The topological polar surface area (TPSA) is 104 Å². The van der Waals surface area contributed by atoms with Gasteiger partial charge in [-0.05, 0) is 83.9 Å². The number of aromatic nitrogens is 5. The van der Waals surface area contributed by atoms with Crippen LogP contribution in [0, 0.1) is 0 Å². The van der Waals surface area contributed by atoms with Gasteiger partial charge in [0, 0.05) is 65.7 Å². The van der Waals surface area contributed by atoms with E-state index in [1.54, 1.807) is 0 Å². The minimum Gasteiger partial charge on any atom is -0.456 e. The number of hydrogen-bond donors (Lipinski definition) is 0. The van der Waals surface area contributed by atoms with Gasteiger partial charge in [0.05, 0.1) is 11.4 Å². The van der Waals surface area contributed by atoms with Crippen LogP contribution < -0.4 is 0 Å². The summed E-state index contributed by atoms with van der Waals surface area (Å²) in [5, 5.41) is 6.34. The number of fused-ring (bicyclic) bond motifs is 9. The Morgan fingerprint density at radius 2 is 0.536 bits per heavy atom. The molecule has 0 N–H and O–H groups in total. The molecule has 0 radical (unpaired) electrons. The Bertz CT molecular complexity index is 4210. The summed E-state index contributed by atoms with van der Waals surface area (Å²) in [6.07, 6.45) is 0. The molecule has 8 nitrogen and oxygen atoms in total. The van der Waals surface area contributed by atoms with Crippen LogP contribution in [-0.4, -0.2) is 24.9 Å². The Kier molecular flexibility index (Phi) is 8.72. The van der Waals surface area contributed by atoms with Crippen molar-refractivity contribution in [3.63, 3.8) is 0 Å². The molecule has 0 aliphatic rings. The van der Waals surface area contributed by atoms with Crippen LogP contribution in [0.15, 0.2) is 226 Å². The van der Waals surface area contributed by atoms with Gasteiger partial charge >= 0.3 is 0 Å². The van der Waals surface area contributed by atoms with Gasteiger partial charge in [0.2, 0.25) is 0 Å². The highest BCUT2D eigenvalue weighted by molar-refractivity contribution is 6.07. The Hall–Kier alpha value is -9.53. The van der Waals surface area contributed by atoms with Crippen molar-refractivity contribution in [1.29, 1.82) is 0 Å². The van der Waals surface area contributed by atoms with Gasteiger partial charge in [-0.15, -0.1) is 0 Å². The minimum absolute atomic E-state index is 0.530. The monoisotopic (exact) mass is 885 g/mol. The van der Waals surface area contributed by atoms with E-state index in [9.17, 15) is 0 Å². The van der Waals surface area contributed by atoms with Gasteiger partial charge in [0.25, 0.3) is 0 Å². The highest BCUT2D eigenvalue weighted by Gasteiger charge is 2.18. The van der Waals surface area contributed by atoms with Crippen molar-refractivity contribution in [3.05, 3.63) is 212 Å². The molecule has 14 rings (SSSR count). The first kappa shape index (κ1) is 38.7. The van der Waals surface area contributed by atoms with Crippen LogP contribution in [0.5, 0.6) is 0 Å². The zero-order valence-electron chi connectivity index (χ0n) is 36.7. The predicted molar refractivity (Wildman–Crippen MR) is 275 cm³/mol. The van der Waals surface area contributed by atoms with Gasteiger partial charge in [0.1, 0.15) is 33.5 Å². The Balaban J connectivity index is 0.874. The third kappa shape index (κ3) is 6.73. The second-order valence-corrected chi connectivity index (χ2v) is 17.2. The van der Waals surface area contributed by atoms with Crippen LogP contribution in [0.2, 0.25) is 0 Å². The van der Waals surface area contributed by atoms with Crippen molar-refractivity contribution < 1.29 is 13.3 Å². The van der Waals surface area contributed by atoms with E-state index in [0.717, 1.165) is 122 Å². The van der Waals surface area contributed by atoms with E-state index in [0.29, 0.717) is 23.3 Å². The molecule has 0 amide bonds. The van der Waals surface area contributed by atoms with Gasteiger partial charge in [-0.1, -0.05) is 140 Å². The molecule has 0 aliphatic carbocycles. The second-order valence-electron chi connectivity index (χ2n) is 17.2. The molecular weight excluding hydrogens is 851 g/mol. The molecule has 5 heterocycles. The van der Waals surface area contributed by atoms with Crippen molar-refractivity contribution in [3.8, 4) is 79.2 Å². The van der Waals surface area contributed by atoms with Crippen molar-refractivity contribution >= 4 is 65.8 Å². The molecule has 0 fully saturated rings. The minimum atomic E-state index is 0.530. The highest BCUT2D eigenvalue weighted by Crippen LogP contribution is 2.38.